The van der Waals surface area contributed by atoms with Gasteiger partial charge < -0.3 is 4.74 Å². The number of hydrogen-bond acceptors (Lipinski definition) is 5. The minimum atomic E-state index is -0.0344. The first-order chi connectivity index (χ1) is 15.0. The molecule has 2 heterocycles. The summed E-state index contributed by atoms with van der Waals surface area (Å²) < 4.78 is 6.17. The number of nitrogens with zero attached hydrogens (tertiary/aromatic N) is 3. The summed E-state index contributed by atoms with van der Waals surface area (Å²) in [6.45, 7) is 7.61. The summed E-state index contributed by atoms with van der Waals surface area (Å²) in [6, 6.07) is 16.2. The monoisotopic (exact) mass is 484 g/mol. The van der Waals surface area contributed by atoms with Crippen LogP contribution in [0.5, 0.6) is 0 Å². The van der Waals surface area contributed by atoms with E-state index in [0.717, 1.165) is 61.0 Å². The molecule has 0 bridgehead atoms. The maximum atomic E-state index is 13.1. The molecule has 2 aromatic rings. The van der Waals surface area contributed by atoms with Gasteiger partial charge in [-0.05, 0) is 0 Å². The van der Waals surface area contributed by atoms with Crippen molar-refractivity contribution in [2.75, 3.05) is 56.7 Å². The van der Waals surface area contributed by atoms with Crippen LogP contribution in [0.1, 0.15) is 11.1 Å². The number of hydrogen-bond donors (Lipinski definition) is 1. The van der Waals surface area contributed by atoms with Crippen LogP contribution in [-0.4, -0.2) is 82.4 Å². The molecule has 0 spiro atoms. The van der Waals surface area contributed by atoms with E-state index in [1.165, 1.54) is 5.56 Å². The number of amides is 1. The van der Waals surface area contributed by atoms with Crippen molar-refractivity contribution in [3.05, 3.63) is 65.4 Å². The van der Waals surface area contributed by atoms with Crippen LogP contribution in [0.15, 0.2) is 54.2 Å². The van der Waals surface area contributed by atoms with Gasteiger partial charge in [0.25, 0.3) is 0 Å². The third kappa shape index (κ3) is 5.08. The molecule has 2 aliphatic rings. The predicted octanol–water partition coefficient (Wildman–Crippen LogP) is 2.31. The van der Waals surface area contributed by atoms with Gasteiger partial charge in [-0.2, -0.15) is 0 Å². The zero-order valence-electron chi connectivity index (χ0n) is 18.0. The fraction of sp³-hybridized carbons (Fsp3) is 0.333. The average molecular weight is 483 g/mol. The minimum absolute atomic E-state index is 0.0344. The van der Waals surface area contributed by atoms with E-state index in [1.54, 1.807) is 4.90 Å². The molecule has 31 heavy (non-hydrogen) atoms. The zero-order valence-corrected chi connectivity index (χ0v) is 19.7. The molecule has 2 aliphatic heterocycles. The van der Waals surface area contributed by atoms with E-state index in [4.69, 9.17) is 4.74 Å². The van der Waals surface area contributed by atoms with Crippen LogP contribution in [0.2, 0.25) is 0 Å². The number of morpholine rings is 1. The molecule has 0 atom stereocenters. The van der Waals surface area contributed by atoms with Crippen LogP contribution >= 0.6 is 0 Å². The molecule has 162 valence electrons. The van der Waals surface area contributed by atoms with Crippen LogP contribution in [-0.2, 0) is 9.53 Å². The molecule has 7 heteroatoms. The number of ether oxygens (including phenoxy) is 1. The summed E-state index contributed by atoms with van der Waals surface area (Å²) in [5.41, 5.74) is 4.74. The van der Waals surface area contributed by atoms with Crippen molar-refractivity contribution in [2.24, 2.45) is 0 Å². The van der Waals surface area contributed by atoms with Crippen LogP contribution in [0.4, 0.5) is 11.4 Å². The number of nitrogens with one attached hydrogen (secondary N) is 1. The van der Waals surface area contributed by atoms with Gasteiger partial charge in [0.05, 0.1) is 13.2 Å². The summed E-state index contributed by atoms with van der Waals surface area (Å²) in [5.74, 6) is -0.0344. The summed E-state index contributed by atoms with van der Waals surface area (Å²) in [7, 11) is 1.91. The van der Waals surface area contributed by atoms with Crippen molar-refractivity contribution < 1.29 is 9.53 Å². The molecular weight excluding hydrogens is 455 g/mol. The Balaban J connectivity index is 1.41. The Kier molecular flexibility index (Phi) is 6.88. The number of anilines is 2. The van der Waals surface area contributed by atoms with Gasteiger partial charge in [-0.25, -0.2) is 0 Å². The fourth-order valence-corrected chi connectivity index (χ4v) is 4.32. The van der Waals surface area contributed by atoms with E-state index in [9.17, 15) is 4.79 Å². The Morgan fingerprint density at radius 2 is 1.74 bits per heavy atom. The molecule has 0 saturated carbocycles. The maximum absolute atomic E-state index is 13.1. The topological polar surface area (TPSA) is 48.1 Å². The Labute approximate surface area is 191 Å². The number of rotatable bonds is 6. The van der Waals surface area contributed by atoms with Crippen molar-refractivity contribution in [3.63, 3.8) is 0 Å². The van der Waals surface area contributed by atoms with Gasteiger partial charge in [0, 0.05) is 13.1 Å². The standard InChI is InChI=1S/C24H28N4O2Se/c1-18-3-9-21(10-4-18)28-23(29)22(26(2)24(28)31)17-19-5-7-20(8-6-19)25-11-12-27-13-15-30-16-14-27/h3-10,17,25H,11-16H2,1-2H3. The number of aryl methyl sites for hydroxylation is 1. The number of benzene rings is 2. The summed E-state index contributed by atoms with van der Waals surface area (Å²) in [5, 5.41) is 3.47. The van der Waals surface area contributed by atoms with Crippen molar-refractivity contribution >= 4 is 43.6 Å². The molecule has 2 aromatic carbocycles. The molecular formula is C24H28N4O2Se. The molecule has 6 nitrogen and oxygen atoms in total. The van der Waals surface area contributed by atoms with Crippen LogP contribution < -0.4 is 10.2 Å². The zero-order chi connectivity index (χ0) is 21.8. The molecule has 0 unspecified atom stereocenters. The summed E-state index contributed by atoms with van der Waals surface area (Å²) in [4.78, 5) is 19.1. The Hall–Kier alpha value is -2.44. The molecule has 1 amide bonds. The van der Waals surface area contributed by atoms with Gasteiger partial charge in [-0.3, -0.25) is 0 Å². The van der Waals surface area contributed by atoms with Crippen LogP contribution in [0, 0.1) is 6.92 Å². The van der Waals surface area contributed by atoms with Crippen molar-refractivity contribution in [1.82, 2.24) is 9.80 Å². The third-order valence-electron chi connectivity index (χ3n) is 5.63. The molecule has 2 fully saturated rings. The van der Waals surface area contributed by atoms with Crippen LogP contribution in [0.25, 0.3) is 6.08 Å². The van der Waals surface area contributed by atoms with E-state index in [1.807, 2.05) is 61.3 Å². The SMILES string of the molecule is Cc1ccc(N2C(=O)C(=Cc3ccc(NCCN4CCOCC4)cc3)N(C)C2=[Se])cc1. The molecule has 0 aromatic heterocycles. The Morgan fingerprint density at radius 1 is 1.06 bits per heavy atom. The van der Waals surface area contributed by atoms with Crippen molar-refractivity contribution in [1.29, 1.82) is 0 Å². The molecule has 0 radical (unpaired) electrons. The van der Waals surface area contributed by atoms with E-state index >= 15 is 0 Å². The van der Waals surface area contributed by atoms with Gasteiger partial charge in [0.15, 0.2) is 0 Å². The number of likely N-dealkylation sites (N-methyl/N-ethyl adjacent to an activating group) is 1. The quantitative estimate of drug-likeness (QED) is 0.505. The summed E-state index contributed by atoms with van der Waals surface area (Å²) in [6.07, 6.45) is 1.94. The first-order valence-electron chi connectivity index (χ1n) is 10.6. The first-order valence-corrected chi connectivity index (χ1v) is 11.4. The number of carbonyl (C=O) groups is 1. The molecule has 0 aliphatic carbocycles. The van der Waals surface area contributed by atoms with E-state index in [2.05, 4.69) is 37.9 Å². The molecule has 2 saturated heterocycles. The Bertz CT molecular complexity index is 966. The average Bonchev–Trinajstić information content (AvgIpc) is 2.99. The third-order valence-corrected chi connectivity index (χ3v) is 6.59. The van der Waals surface area contributed by atoms with E-state index < -0.39 is 0 Å². The van der Waals surface area contributed by atoms with Crippen molar-refractivity contribution in [3.8, 4) is 0 Å². The van der Waals surface area contributed by atoms with E-state index in [0.29, 0.717) is 5.70 Å². The van der Waals surface area contributed by atoms with Gasteiger partial charge in [0.2, 0.25) is 0 Å². The first kappa shape index (κ1) is 21.8. The summed E-state index contributed by atoms with van der Waals surface area (Å²) >= 11 is 3.04. The van der Waals surface area contributed by atoms with Crippen molar-refractivity contribution in [2.45, 2.75) is 6.92 Å². The van der Waals surface area contributed by atoms with Gasteiger partial charge >= 0.3 is 161 Å². The second-order valence-electron chi connectivity index (χ2n) is 7.85. The van der Waals surface area contributed by atoms with Gasteiger partial charge in [-0.1, -0.05) is 0 Å². The predicted molar refractivity (Wildman–Crippen MR) is 127 cm³/mol. The second kappa shape index (κ2) is 9.79. The fourth-order valence-electron chi connectivity index (χ4n) is 3.72. The Morgan fingerprint density at radius 3 is 2.42 bits per heavy atom. The van der Waals surface area contributed by atoms with Crippen LogP contribution in [0.3, 0.4) is 0 Å². The molecule has 1 N–H and O–H groups in total. The van der Waals surface area contributed by atoms with Gasteiger partial charge in [-0.15, -0.1) is 0 Å². The normalized spacial score (nSPS) is 18.8. The van der Waals surface area contributed by atoms with Gasteiger partial charge in [0.1, 0.15) is 0 Å². The second-order valence-corrected chi connectivity index (χ2v) is 8.62. The number of carbonyl (C=O) groups excluding carboxylic acids is 1. The van der Waals surface area contributed by atoms with E-state index in [-0.39, 0.29) is 5.91 Å². The molecule has 4 rings (SSSR count).